The average molecular weight is 261 g/mol. The van der Waals surface area contributed by atoms with E-state index in [9.17, 15) is 8.42 Å². The lowest BCUT2D eigenvalue weighted by Crippen LogP contribution is -2.33. The molecule has 0 heterocycles. The molecule has 0 aromatic heterocycles. The lowest BCUT2D eigenvalue weighted by atomic mass is 9.70. The van der Waals surface area contributed by atoms with Crippen molar-refractivity contribution in [3.8, 4) is 0 Å². The van der Waals surface area contributed by atoms with Crippen LogP contribution < -0.4 is 5.73 Å². The Hall–Kier alpha value is -0.0900. The maximum absolute atomic E-state index is 11.3. The van der Waals surface area contributed by atoms with Crippen molar-refractivity contribution in [2.45, 2.75) is 39.5 Å². The highest BCUT2D eigenvalue weighted by atomic mass is 32.2. The SMILES string of the molecule is CC(C)C1CCC(CN)C(CCS(C)(=O)=O)C1. The predicted octanol–water partition coefficient (Wildman–Crippen LogP) is 2.07. The predicted molar refractivity (Wildman–Crippen MR) is 72.5 cm³/mol. The molecule has 0 spiro atoms. The van der Waals surface area contributed by atoms with Crippen LogP contribution in [0.15, 0.2) is 0 Å². The summed E-state index contributed by atoms with van der Waals surface area (Å²) in [5.74, 6) is 2.82. The van der Waals surface area contributed by atoms with Crippen molar-refractivity contribution in [3.05, 3.63) is 0 Å². The first-order valence-corrected chi connectivity index (χ1v) is 8.77. The molecular weight excluding hydrogens is 234 g/mol. The third-order valence-electron chi connectivity index (χ3n) is 4.29. The lowest BCUT2D eigenvalue weighted by molar-refractivity contribution is 0.148. The number of sulfone groups is 1. The van der Waals surface area contributed by atoms with Crippen LogP contribution in [0, 0.1) is 23.7 Å². The molecule has 0 radical (unpaired) electrons. The van der Waals surface area contributed by atoms with E-state index in [2.05, 4.69) is 13.8 Å². The van der Waals surface area contributed by atoms with Crippen molar-refractivity contribution in [3.63, 3.8) is 0 Å². The highest BCUT2D eigenvalue weighted by molar-refractivity contribution is 7.90. The molecule has 0 aromatic carbocycles. The first kappa shape index (κ1) is 15.0. The van der Waals surface area contributed by atoms with E-state index in [1.165, 1.54) is 19.1 Å². The standard InChI is InChI=1S/C13H27NO2S/c1-10(2)11-4-5-13(9-14)12(8-11)6-7-17(3,15)16/h10-13H,4-9,14H2,1-3H3. The maximum Gasteiger partial charge on any atom is 0.147 e. The summed E-state index contributed by atoms with van der Waals surface area (Å²) in [5.41, 5.74) is 5.81. The molecule has 3 unspecified atom stereocenters. The molecule has 1 aliphatic carbocycles. The fourth-order valence-electron chi connectivity index (χ4n) is 3.00. The smallest absolute Gasteiger partial charge is 0.147 e. The largest absolute Gasteiger partial charge is 0.330 e. The number of nitrogens with two attached hydrogens (primary N) is 1. The zero-order chi connectivity index (χ0) is 13.1. The minimum atomic E-state index is -2.83. The molecule has 17 heavy (non-hydrogen) atoms. The van der Waals surface area contributed by atoms with Gasteiger partial charge in [-0.25, -0.2) is 8.42 Å². The van der Waals surface area contributed by atoms with Gasteiger partial charge in [-0.1, -0.05) is 13.8 Å². The molecule has 3 nitrogen and oxygen atoms in total. The fraction of sp³-hybridized carbons (Fsp3) is 1.00. The number of hydrogen-bond acceptors (Lipinski definition) is 3. The van der Waals surface area contributed by atoms with Crippen LogP contribution in [-0.4, -0.2) is 27.0 Å². The Kier molecular flexibility index (Phi) is 5.45. The van der Waals surface area contributed by atoms with Crippen LogP contribution in [0.5, 0.6) is 0 Å². The van der Waals surface area contributed by atoms with E-state index >= 15 is 0 Å². The molecule has 1 rings (SSSR count). The van der Waals surface area contributed by atoms with Crippen LogP contribution in [-0.2, 0) is 9.84 Å². The van der Waals surface area contributed by atoms with Crippen molar-refractivity contribution < 1.29 is 8.42 Å². The van der Waals surface area contributed by atoms with Gasteiger partial charge in [0, 0.05) is 6.26 Å². The van der Waals surface area contributed by atoms with Gasteiger partial charge in [0.2, 0.25) is 0 Å². The van der Waals surface area contributed by atoms with E-state index in [-0.39, 0.29) is 0 Å². The molecule has 4 heteroatoms. The van der Waals surface area contributed by atoms with Gasteiger partial charge < -0.3 is 5.73 Å². The molecule has 102 valence electrons. The second-order valence-electron chi connectivity index (χ2n) is 5.99. The van der Waals surface area contributed by atoms with Gasteiger partial charge in [-0.15, -0.1) is 0 Å². The summed E-state index contributed by atoms with van der Waals surface area (Å²) in [4.78, 5) is 0. The number of hydrogen-bond donors (Lipinski definition) is 1. The Labute approximate surface area is 106 Å². The van der Waals surface area contributed by atoms with Gasteiger partial charge in [0.15, 0.2) is 0 Å². The summed E-state index contributed by atoms with van der Waals surface area (Å²) in [5, 5.41) is 0. The maximum atomic E-state index is 11.3. The van der Waals surface area contributed by atoms with Crippen molar-refractivity contribution in [1.29, 1.82) is 0 Å². The summed E-state index contributed by atoms with van der Waals surface area (Å²) >= 11 is 0. The monoisotopic (exact) mass is 261 g/mol. The molecular formula is C13H27NO2S. The zero-order valence-corrected chi connectivity index (χ0v) is 12.2. The van der Waals surface area contributed by atoms with Gasteiger partial charge in [0.05, 0.1) is 5.75 Å². The summed E-state index contributed by atoms with van der Waals surface area (Å²) in [6, 6.07) is 0. The summed E-state index contributed by atoms with van der Waals surface area (Å²) in [6.07, 6.45) is 5.72. The van der Waals surface area contributed by atoms with Crippen LogP contribution in [0.2, 0.25) is 0 Å². The first-order valence-electron chi connectivity index (χ1n) is 6.71. The van der Waals surface area contributed by atoms with E-state index in [0.717, 1.165) is 18.8 Å². The van der Waals surface area contributed by atoms with Crippen LogP contribution in [0.4, 0.5) is 0 Å². The molecule has 1 aliphatic rings. The summed E-state index contributed by atoms with van der Waals surface area (Å²) in [7, 11) is -2.83. The average Bonchev–Trinajstić information content (AvgIpc) is 2.24. The van der Waals surface area contributed by atoms with Gasteiger partial charge in [-0.05, 0) is 55.9 Å². The third-order valence-corrected chi connectivity index (χ3v) is 5.26. The molecule has 0 amide bonds. The van der Waals surface area contributed by atoms with Crippen LogP contribution >= 0.6 is 0 Å². The quantitative estimate of drug-likeness (QED) is 0.824. The molecule has 0 aliphatic heterocycles. The van der Waals surface area contributed by atoms with Crippen molar-refractivity contribution in [2.24, 2.45) is 29.4 Å². The fourth-order valence-corrected chi connectivity index (χ4v) is 3.73. The van der Waals surface area contributed by atoms with Gasteiger partial charge in [0.25, 0.3) is 0 Å². The summed E-state index contributed by atoms with van der Waals surface area (Å²) < 4.78 is 22.5. The molecule has 0 saturated heterocycles. The Balaban J connectivity index is 2.57. The topological polar surface area (TPSA) is 60.2 Å². The van der Waals surface area contributed by atoms with Crippen molar-refractivity contribution in [1.82, 2.24) is 0 Å². The Morgan fingerprint density at radius 2 is 1.88 bits per heavy atom. The minimum Gasteiger partial charge on any atom is -0.330 e. The van der Waals surface area contributed by atoms with E-state index in [0.29, 0.717) is 30.1 Å². The Morgan fingerprint density at radius 1 is 1.24 bits per heavy atom. The van der Waals surface area contributed by atoms with Crippen molar-refractivity contribution in [2.75, 3.05) is 18.6 Å². The van der Waals surface area contributed by atoms with Gasteiger partial charge in [0.1, 0.15) is 9.84 Å². The second-order valence-corrected chi connectivity index (χ2v) is 8.25. The molecule has 0 bridgehead atoms. The lowest BCUT2D eigenvalue weighted by Gasteiger charge is -2.37. The Morgan fingerprint density at radius 3 is 2.35 bits per heavy atom. The molecule has 2 N–H and O–H groups in total. The van der Waals surface area contributed by atoms with E-state index in [1.54, 1.807) is 0 Å². The molecule has 1 fully saturated rings. The van der Waals surface area contributed by atoms with Gasteiger partial charge in [-0.3, -0.25) is 0 Å². The van der Waals surface area contributed by atoms with E-state index in [4.69, 9.17) is 5.73 Å². The third kappa shape index (κ3) is 4.96. The zero-order valence-electron chi connectivity index (χ0n) is 11.4. The molecule has 3 atom stereocenters. The summed E-state index contributed by atoms with van der Waals surface area (Å²) in [6.45, 7) is 5.24. The molecule has 0 aromatic rings. The van der Waals surface area contributed by atoms with Crippen molar-refractivity contribution >= 4 is 9.84 Å². The van der Waals surface area contributed by atoms with Gasteiger partial charge in [-0.2, -0.15) is 0 Å². The Bertz CT molecular complexity index is 324. The van der Waals surface area contributed by atoms with Crippen LogP contribution in [0.25, 0.3) is 0 Å². The van der Waals surface area contributed by atoms with Crippen LogP contribution in [0.3, 0.4) is 0 Å². The second kappa shape index (κ2) is 6.19. The van der Waals surface area contributed by atoms with Crippen LogP contribution in [0.1, 0.15) is 39.5 Å². The van der Waals surface area contributed by atoms with Gasteiger partial charge >= 0.3 is 0 Å². The minimum absolute atomic E-state index is 0.318. The highest BCUT2D eigenvalue weighted by Crippen LogP contribution is 2.38. The highest BCUT2D eigenvalue weighted by Gasteiger charge is 2.31. The van der Waals surface area contributed by atoms with E-state index < -0.39 is 9.84 Å². The molecule has 1 saturated carbocycles. The van der Waals surface area contributed by atoms with E-state index in [1.807, 2.05) is 0 Å². The normalized spacial score (nSPS) is 30.8. The first-order chi connectivity index (χ1) is 7.83. The number of rotatable bonds is 5.